The van der Waals surface area contributed by atoms with E-state index in [-0.39, 0.29) is 17.7 Å². The van der Waals surface area contributed by atoms with E-state index in [2.05, 4.69) is 0 Å². The van der Waals surface area contributed by atoms with Gasteiger partial charge in [0, 0.05) is 11.9 Å². The molecule has 3 rings (SSSR count). The fourth-order valence-corrected chi connectivity index (χ4v) is 3.41. The van der Waals surface area contributed by atoms with Crippen LogP contribution in [-0.4, -0.2) is 30.2 Å². The summed E-state index contributed by atoms with van der Waals surface area (Å²) < 4.78 is 5.24. The summed E-state index contributed by atoms with van der Waals surface area (Å²) in [6.45, 7) is 2.26. The Hall–Kier alpha value is -2.14. The zero-order valence-corrected chi connectivity index (χ0v) is 13.4. The maximum Gasteiger partial charge on any atom is 0.255 e. The van der Waals surface area contributed by atoms with Gasteiger partial charge in [-0.05, 0) is 37.1 Å². The van der Waals surface area contributed by atoms with Gasteiger partial charge in [-0.15, -0.1) is 11.3 Å². The molecule has 0 aliphatic carbocycles. The minimum Gasteiger partial charge on any atom is -0.497 e. The standard InChI is InChI=1S/C17H17NO3S/c1-11(19)16-9-13(10-22-16)17(20)18-7-6-15(18)12-4-3-5-14(8-12)21-2/h3-5,8-10,15H,6-7H2,1-2H3/t15-/m1/s1. The number of ketones is 1. The van der Waals surface area contributed by atoms with Crippen molar-refractivity contribution in [2.24, 2.45) is 0 Å². The van der Waals surface area contributed by atoms with Gasteiger partial charge in [-0.1, -0.05) is 12.1 Å². The molecule has 1 saturated heterocycles. The number of amides is 1. The van der Waals surface area contributed by atoms with Crippen LogP contribution in [0.3, 0.4) is 0 Å². The maximum atomic E-state index is 12.6. The number of benzene rings is 1. The van der Waals surface area contributed by atoms with Crippen molar-refractivity contribution in [3.8, 4) is 5.75 Å². The number of likely N-dealkylation sites (tertiary alicyclic amines) is 1. The lowest BCUT2D eigenvalue weighted by Gasteiger charge is -2.41. The molecular weight excluding hydrogens is 298 g/mol. The van der Waals surface area contributed by atoms with Crippen molar-refractivity contribution in [3.05, 3.63) is 51.7 Å². The van der Waals surface area contributed by atoms with Gasteiger partial charge in [0.05, 0.1) is 23.6 Å². The molecule has 0 unspecified atom stereocenters. The third-order valence-electron chi connectivity index (χ3n) is 3.95. The van der Waals surface area contributed by atoms with Gasteiger partial charge in [-0.3, -0.25) is 9.59 Å². The number of hydrogen-bond donors (Lipinski definition) is 0. The van der Waals surface area contributed by atoms with Gasteiger partial charge in [0.2, 0.25) is 0 Å². The van der Waals surface area contributed by atoms with Crippen LogP contribution in [0, 0.1) is 0 Å². The van der Waals surface area contributed by atoms with Crippen molar-refractivity contribution in [1.82, 2.24) is 4.90 Å². The van der Waals surface area contributed by atoms with E-state index in [4.69, 9.17) is 4.74 Å². The quantitative estimate of drug-likeness (QED) is 0.811. The molecule has 1 fully saturated rings. The SMILES string of the molecule is COc1cccc([C@H]2CCN2C(=O)c2csc(C(C)=O)c2)c1. The third kappa shape index (κ3) is 2.64. The van der Waals surface area contributed by atoms with E-state index in [1.165, 1.54) is 18.3 Å². The molecule has 0 spiro atoms. The molecule has 0 bridgehead atoms. The second kappa shape index (κ2) is 5.93. The summed E-state index contributed by atoms with van der Waals surface area (Å²) in [5, 5.41) is 1.76. The Morgan fingerprint density at radius 3 is 2.73 bits per heavy atom. The number of methoxy groups -OCH3 is 1. The van der Waals surface area contributed by atoms with Crippen LogP contribution < -0.4 is 4.74 Å². The lowest BCUT2D eigenvalue weighted by Crippen LogP contribution is -2.45. The number of carbonyl (C=O) groups excluding carboxylic acids is 2. The predicted octanol–water partition coefficient (Wildman–Crippen LogP) is 3.55. The number of thiophene rings is 1. The highest BCUT2D eigenvalue weighted by atomic mass is 32.1. The molecule has 1 amide bonds. The summed E-state index contributed by atoms with van der Waals surface area (Å²) in [7, 11) is 1.64. The van der Waals surface area contributed by atoms with Crippen molar-refractivity contribution in [2.45, 2.75) is 19.4 Å². The highest BCUT2D eigenvalue weighted by Crippen LogP contribution is 2.36. The highest BCUT2D eigenvalue weighted by Gasteiger charge is 2.34. The second-order valence-electron chi connectivity index (χ2n) is 5.34. The molecule has 114 valence electrons. The largest absolute Gasteiger partial charge is 0.497 e. The Morgan fingerprint density at radius 2 is 2.14 bits per heavy atom. The molecule has 1 aliphatic rings. The first kappa shape index (κ1) is 14.8. The van der Waals surface area contributed by atoms with E-state index in [0.717, 1.165) is 24.3 Å². The summed E-state index contributed by atoms with van der Waals surface area (Å²) in [5.41, 5.74) is 1.68. The number of rotatable bonds is 4. The first-order valence-electron chi connectivity index (χ1n) is 7.14. The average molecular weight is 315 g/mol. The summed E-state index contributed by atoms with van der Waals surface area (Å²) in [6.07, 6.45) is 0.947. The molecule has 0 radical (unpaired) electrons. The van der Waals surface area contributed by atoms with Gasteiger partial charge in [-0.2, -0.15) is 0 Å². The molecule has 22 heavy (non-hydrogen) atoms. The minimum atomic E-state index is -0.0113. The van der Waals surface area contributed by atoms with E-state index in [0.29, 0.717) is 10.4 Å². The highest BCUT2D eigenvalue weighted by molar-refractivity contribution is 7.12. The molecule has 1 aliphatic heterocycles. The van der Waals surface area contributed by atoms with E-state index >= 15 is 0 Å². The van der Waals surface area contributed by atoms with Crippen LogP contribution in [0.4, 0.5) is 0 Å². The lowest BCUT2D eigenvalue weighted by atomic mass is 9.93. The summed E-state index contributed by atoms with van der Waals surface area (Å²) >= 11 is 1.32. The number of hydrogen-bond acceptors (Lipinski definition) is 4. The van der Waals surface area contributed by atoms with Crippen LogP contribution in [0.1, 0.15) is 45.0 Å². The molecule has 5 heteroatoms. The zero-order valence-electron chi connectivity index (χ0n) is 12.5. The Balaban J connectivity index is 1.79. The summed E-state index contributed by atoms with van der Waals surface area (Å²) in [6, 6.07) is 9.60. The molecule has 1 aromatic heterocycles. The zero-order chi connectivity index (χ0) is 15.7. The normalized spacial score (nSPS) is 17.0. The molecular formula is C17H17NO3S. The van der Waals surface area contributed by atoms with Gasteiger partial charge in [-0.25, -0.2) is 0 Å². The van der Waals surface area contributed by atoms with Crippen molar-refractivity contribution in [3.63, 3.8) is 0 Å². The molecule has 1 atom stereocenters. The maximum absolute atomic E-state index is 12.6. The fourth-order valence-electron chi connectivity index (χ4n) is 2.62. The smallest absolute Gasteiger partial charge is 0.255 e. The van der Waals surface area contributed by atoms with Crippen LogP contribution in [0.5, 0.6) is 5.75 Å². The Bertz CT molecular complexity index is 722. The molecule has 2 heterocycles. The summed E-state index contributed by atoms with van der Waals surface area (Å²) in [5.74, 6) is 0.783. The first-order valence-corrected chi connectivity index (χ1v) is 8.02. The van der Waals surface area contributed by atoms with Crippen molar-refractivity contribution in [2.75, 3.05) is 13.7 Å². The van der Waals surface area contributed by atoms with Crippen molar-refractivity contribution in [1.29, 1.82) is 0 Å². The molecule has 4 nitrogen and oxygen atoms in total. The van der Waals surface area contributed by atoms with Crippen LogP contribution >= 0.6 is 11.3 Å². The van der Waals surface area contributed by atoms with Crippen molar-refractivity contribution >= 4 is 23.0 Å². The number of carbonyl (C=O) groups is 2. The van der Waals surface area contributed by atoms with Gasteiger partial charge < -0.3 is 9.64 Å². The summed E-state index contributed by atoms with van der Waals surface area (Å²) in [4.78, 5) is 26.4. The third-order valence-corrected chi connectivity index (χ3v) is 4.98. The van der Waals surface area contributed by atoms with Gasteiger partial charge in [0.15, 0.2) is 5.78 Å². The van der Waals surface area contributed by atoms with Crippen LogP contribution in [0.15, 0.2) is 35.7 Å². The Kier molecular flexibility index (Phi) is 3.98. The molecule has 0 N–H and O–H groups in total. The van der Waals surface area contributed by atoms with Gasteiger partial charge in [0.1, 0.15) is 5.75 Å². The number of nitrogens with zero attached hydrogens (tertiary/aromatic N) is 1. The van der Waals surface area contributed by atoms with Crippen LogP contribution in [0.2, 0.25) is 0 Å². The Labute approximate surface area is 133 Å². The van der Waals surface area contributed by atoms with E-state index < -0.39 is 0 Å². The average Bonchev–Trinajstić information content (AvgIpc) is 2.96. The number of ether oxygens (including phenoxy) is 1. The predicted molar refractivity (Wildman–Crippen MR) is 85.7 cm³/mol. The molecule has 0 saturated carbocycles. The molecule has 2 aromatic rings. The minimum absolute atomic E-state index is 0.00277. The molecule has 1 aromatic carbocycles. The van der Waals surface area contributed by atoms with E-state index in [9.17, 15) is 9.59 Å². The topological polar surface area (TPSA) is 46.6 Å². The van der Waals surface area contributed by atoms with Gasteiger partial charge >= 0.3 is 0 Å². The van der Waals surface area contributed by atoms with Gasteiger partial charge in [0.25, 0.3) is 5.91 Å². The lowest BCUT2D eigenvalue weighted by molar-refractivity contribution is 0.0460. The first-order chi connectivity index (χ1) is 10.6. The van der Waals surface area contributed by atoms with E-state index in [1.54, 1.807) is 18.6 Å². The fraction of sp³-hybridized carbons (Fsp3) is 0.294. The van der Waals surface area contributed by atoms with E-state index in [1.807, 2.05) is 29.2 Å². The van der Waals surface area contributed by atoms with Crippen LogP contribution in [0.25, 0.3) is 0 Å². The van der Waals surface area contributed by atoms with Crippen molar-refractivity contribution < 1.29 is 14.3 Å². The monoisotopic (exact) mass is 315 g/mol. The Morgan fingerprint density at radius 1 is 1.32 bits per heavy atom. The second-order valence-corrected chi connectivity index (χ2v) is 6.25. The number of Topliss-reactive ketones (excluding diaryl/α,β-unsaturated/α-hetero) is 1. The van der Waals surface area contributed by atoms with Crippen LogP contribution in [-0.2, 0) is 0 Å².